The molecule has 1 aromatic carbocycles. The third-order valence-electron chi connectivity index (χ3n) is 3.26. The molecule has 1 aliphatic heterocycles. The molecule has 2 rings (SSSR count). The molecular weight excluding hydrogens is 246 g/mol. The SMILES string of the molecule is CC1CC(=O)N(Cc2ccccc2CC(=O)O)C1=O. The van der Waals surface area contributed by atoms with Crippen molar-refractivity contribution in [2.24, 2.45) is 5.92 Å². The molecule has 0 spiro atoms. The number of benzene rings is 1. The quantitative estimate of drug-likeness (QED) is 0.827. The molecule has 1 fully saturated rings. The first-order valence-electron chi connectivity index (χ1n) is 6.12. The summed E-state index contributed by atoms with van der Waals surface area (Å²) in [4.78, 5) is 35.6. The number of rotatable bonds is 4. The molecular formula is C14H15NO4. The molecule has 1 heterocycles. The Hall–Kier alpha value is -2.17. The molecule has 1 N–H and O–H groups in total. The van der Waals surface area contributed by atoms with Crippen molar-refractivity contribution in [1.29, 1.82) is 0 Å². The van der Waals surface area contributed by atoms with Crippen LogP contribution in [0, 0.1) is 5.92 Å². The van der Waals surface area contributed by atoms with Gasteiger partial charge in [0.25, 0.3) is 0 Å². The first-order valence-corrected chi connectivity index (χ1v) is 6.12. The number of imide groups is 1. The summed E-state index contributed by atoms with van der Waals surface area (Å²) < 4.78 is 0. The maximum absolute atomic E-state index is 11.8. The predicted molar refractivity (Wildman–Crippen MR) is 67.1 cm³/mol. The molecule has 0 radical (unpaired) electrons. The Bertz CT molecular complexity index is 538. The number of carbonyl (C=O) groups is 3. The fraction of sp³-hybridized carbons (Fsp3) is 0.357. The highest BCUT2D eigenvalue weighted by Gasteiger charge is 2.35. The van der Waals surface area contributed by atoms with E-state index in [2.05, 4.69) is 0 Å². The molecule has 1 atom stereocenters. The second-order valence-corrected chi connectivity index (χ2v) is 4.76. The van der Waals surface area contributed by atoms with Gasteiger partial charge >= 0.3 is 5.97 Å². The number of amides is 2. The smallest absolute Gasteiger partial charge is 0.307 e. The standard InChI is InChI=1S/C14H15NO4/c1-9-6-12(16)15(14(9)19)8-11-5-3-2-4-10(11)7-13(17)18/h2-5,9H,6-8H2,1H3,(H,17,18). The maximum atomic E-state index is 11.8. The highest BCUT2D eigenvalue weighted by Crippen LogP contribution is 2.22. The number of carboxylic acid groups (broad SMARTS) is 1. The number of nitrogens with zero attached hydrogens (tertiary/aromatic N) is 1. The van der Waals surface area contributed by atoms with Gasteiger partial charge in [0, 0.05) is 12.3 Å². The third-order valence-corrected chi connectivity index (χ3v) is 3.26. The summed E-state index contributed by atoms with van der Waals surface area (Å²) in [6, 6.07) is 6.98. The summed E-state index contributed by atoms with van der Waals surface area (Å²) in [6.07, 6.45) is 0.127. The molecule has 0 bridgehead atoms. The fourth-order valence-electron chi connectivity index (χ4n) is 2.23. The Morgan fingerprint density at radius 1 is 1.32 bits per heavy atom. The molecule has 5 heteroatoms. The Morgan fingerprint density at radius 3 is 2.47 bits per heavy atom. The first kappa shape index (κ1) is 13.3. The number of carboxylic acids is 1. The van der Waals surface area contributed by atoms with Crippen LogP contribution < -0.4 is 0 Å². The van der Waals surface area contributed by atoms with Gasteiger partial charge in [-0.15, -0.1) is 0 Å². The van der Waals surface area contributed by atoms with Gasteiger partial charge in [0.2, 0.25) is 11.8 Å². The Balaban J connectivity index is 2.21. The zero-order valence-corrected chi connectivity index (χ0v) is 10.6. The minimum Gasteiger partial charge on any atom is -0.481 e. The van der Waals surface area contributed by atoms with Gasteiger partial charge in [-0.1, -0.05) is 31.2 Å². The van der Waals surface area contributed by atoms with Crippen molar-refractivity contribution in [3.63, 3.8) is 0 Å². The molecule has 0 aliphatic carbocycles. The van der Waals surface area contributed by atoms with E-state index < -0.39 is 5.97 Å². The van der Waals surface area contributed by atoms with E-state index in [0.29, 0.717) is 11.1 Å². The van der Waals surface area contributed by atoms with Crippen LogP contribution in [0.15, 0.2) is 24.3 Å². The van der Waals surface area contributed by atoms with E-state index in [1.54, 1.807) is 31.2 Å². The van der Waals surface area contributed by atoms with E-state index in [9.17, 15) is 14.4 Å². The monoisotopic (exact) mass is 261 g/mol. The lowest BCUT2D eigenvalue weighted by Gasteiger charge is -2.16. The van der Waals surface area contributed by atoms with Gasteiger partial charge in [-0.3, -0.25) is 19.3 Å². The highest BCUT2D eigenvalue weighted by molar-refractivity contribution is 6.03. The van der Waals surface area contributed by atoms with Gasteiger partial charge < -0.3 is 5.11 Å². The van der Waals surface area contributed by atoms with E-state index >= 15 is 0 Å². The third kappa shape index (κ3) is 2.81. The van der Waals surface area contributed by atoms with Crippen molar-refractivity contribution < 1.29 is 19.5 Å². The minimum atomic E-state index is -0.931. The summed E-state index contributed by atoms with van der Waals surface area (Å²) >= 11 is 0. The summed E-state index contributed by atoms with van der Waals surface area (Å²) in [7, 11) is 0. The lowest BCUT2D eigenvalue weighted by atomic mass is 10.0. The van der Waals surface area contributed by atoms with Crippen LogP contribution in [0.2, 0.25) is 0 Å². The Kier molecular flexibility index (Phi) is 3.64. The van der Waals surface area contributed by atoms with E-state index in [-0.39, 0.29) is 37.1 Å². The van der Waals surface area contributed by atoms with Gasteiger partial charge in [0.05, 0.1) is 13.0 Å². The van der Waals surface area contributed by atoms with Gasteiger partial charge in [-0.25, -0.2) is 0 Å². The average Bonchev–Trinajstić information content (AvgIpc) is 2.57. The molecule has 2 amide bonds. The minimum absolute atomic E-state index is 0.109. The molecule has 100 valence electrons. The Labute approximate surface area is 110 Å². The number of hydrogen-bond donors (Lipinski definition) is 1. The van der Waals surface area contributed by atoms with Crippen LogP contribution >= 0.6 is 0 Å². The van der Waals surface area contributed by atoms with Crippen molar-refractivity contribution >= 4 is 17.8 Å². The summed E-state index contributed by atoms with van der Waals surface area (Å²) in [5.74, 6) is -1.59. The van der Waals surface area contributed by atoms with Crippen LogP contribution in [0.1, 0.15) is 24.5 Å². The van der Waals surface area contributed by atoms with Crippen LogP contribution in [0.5, 0.6) is 0 Å². The molecule has 1 aromatic rings. The number of aliphatic carboxylic acids is 1. The van der Waals surface area contributed by atoms with Crippen LogP contribution in [0.25, 0.3) is 0 Å². The number of carbonyl (C=O) groups excluding carboxylic acids is 2. The summed E-state index contributed by atoms with van der Waals surface area (Å²) in [6.45, 7) is 1.88. The van der Waals surface area contributed by atoms with Gasteiger partial charge in [-0.05, 0) is 11.1 Å². The van der Waals surface area contributed by atoms with Crippen LogP contribution in [-0.4, -0.2) is 27.8 Å². The molecule has 5 nitrogen and oxygen atoms in total. The number of likely N-dealkylation sites (tertiary alicyclic amines) is 1. The average molecular weight is 261 g/mol. The molecule has 0 saturated carbocycles. The molecule has 0 aromatic heterocycles. The zero-order chi connectivity index (χ0) is 14.0. The van der Waals surface area contributed by atoms with Gasteiger partial charge in [0.1, 0.15) is 0 Å². The van der Waals surface area contributed by atoms with E-state index in [4.69, 9.17) is 5.11 Å². The van der Waals surface area contributed by atoms with E-state index in [1.165, 1.54) is 4.90 Å². The first-order chi connectivity index (χ1) is 8.99. The maximum Gasteiger partial charge on any atom is 0.307 e. The highest BCUT2D eigenvalue weighted by atomic mass is 16.4. The van der Waals surface area contributed by atoms with Crippen molar-refractivity contribution in [2.45, 2.75) is 26.3 Å². The van der Waals surface area contributed by atoms with Crippen molar-refractivity contribution in [3.05, 3.63) is 35.4 Å². The summed E-state index contributed by atoms with van der Waals surface area (Å²) in [5.41, 5.74) is 1.34. The van der Waals surface area contributed by atoms with Crippen molar-refractivity contribution in [3.8, 4) is 0 Å². The topological polar surface area (TPSA) is 74.7 Å². The fourth-order valence-corrected chi connectivity index (χ4v) is 2.23. The van der Waals surface area contributed by atoms with E-state index in [0.717, 1.165) is 0 Å². The zero-order valence-electron chi connectivity index (χ0n) is 10.6. The lowest BCUT2D eigenvalue weighted by Crippen LogP contribution is -2.30. The normalized spacial score (nSPS) is 19.0. The van der Waals surface area contributed by atoms with Gasteiger partial charge in [0.15, 0.2) is 0 Å². The largest absolute Gasteiger partial charge is 0.481 e. The molecule has 1 aliphatic rings. The van der Waals surface area contributed by atoms with Crippen LogP contribution in [0.3, 0.4) is 0 Å². The Morgan fingerprint density at radius 2 is 1.95 bits per heavy atom. The van der Waals surface area contributed by atoms with Crippen LogP contribution in [-0.2, 0) is 27.3 Å². The number of hydrogen-bond acceptors (Lipinski definition) is 3. The van der Waals surface area contributed by atoms with Crippen molar-refractivity contribution in [2.75, 3.05) is 0 Å². The predicted octanol–water partition coefficient (Wildman–Crippen LogP) is 1.21. The second-order valence-electron chi connectivity index (χ2n) is 4.76. The second kappa shape index (κ2) is 5.22. The van der Waals surface area contributed by atoms with E-state index in [1.807, 2.05) is 0 Å². The van der Waals surface area contributed by atoms with Gasteiger partial charge in [-0.2, -0.15) is 0 Å². The molecule has 1 unspecified atom stereocenters. The molecule has 1 saturated heterocycles. The molecule has 19 heavy (non-hydrogen) atoms. The lowest BCUT2D eigenvalue weighted by molar-refractivity contribution is -0.140. The van der Waals surface area contributed by atoms with Crippen molar-refractivity contribution in [1.82, 2.24) is 4.90 Å². The summed E-state index contributed by atoms with van der Waals surface area (Å²) in [5, 5.41) is 8.85. The van der Waals surface area contributed by atoms with Crippen LogP contribution in [0.4, 0.5) is 0 Å².